The average Bonchev–Trinajstić information content (AvgIpc) is 2.42. The third-order valence-electron chi connectivity index (χ3n) is 3.82. The van der Waals surface area contributed by atoms with Crippen LogP contribution in [0.15, 0.2) is 27.4 Å². The molecule has 0 bridgehead atoms. The van der Waals surface area contributed by atoms with E-state index in [2.05, 4.69) is 5.32 Å². The number of aryl methyl sites for hydroxylation is 2. The minimum atomic E-state index is -0.360. The summed E-state index contributed by atoms with van der Waals surface area (Å²) in [6, 6.07) is 5.62. The van der Waals surface area contributed by atoms with Crippen LogP contribution in [0.25, 0.3) is 11.0 Å². The molecule has 0 saturated heterocycles. The number of benzene rings is 1. The van der Waals surface area contributed by atoms with E-state index in [1.807, 2.05) is 51.8 Å². The zero-order chi connectivity index (χ0) is 17.1. The number of carbonyl (C=O) groups is 1. The smallest absolute Gasteiger partial charge is 0.336 e. The molecule has 1 aromatic heterocycles. The first-order valence-electron chi connectivity index (χ1n) is 7.78. The van der Waals surface area contributed by atoms with Crippen molar-refractivity contribution in [2.24, 2.45) is 0 Å². The summed E-state index contributed by atoms with van der Waals surface area (Å²) in [5.41, 5.74) is 3.21. The van der Waals surface area contributed by atoms with Crippen LogP contribution in [0, 0.1) is 13.8 Å². The zero-order valence-electron chi connectivity index (χ0n) is 14.4. The lowest BCUT2D eigenvalue weighted by Gasteiger charge is -2.18. The third-order valence-corrected chi connectivity index (χ3v) is 3.82. The number of fused-ring (bicyclic) bond motifs is 1. The molecule has 0 fully saturated rings. The normalized spacial score (nSPS) is 11.4. The van der Waals surface area contributed by atoms with Gasteiger partial charge in [0.1, 0.15) is 5.58 Å². The molecule has 0 saturated carbocycles. The Hall–Kier alpha value is -2.14. The van der Waals surface area contributed by atoms with Gasteiger partial charge in [0, 0.05) is 24.0 Å². The van der Waals surface area contributed by atoms with E-state index in [4.69, 9.17) is 4.42 Å². The Balaban J connectivity index is 2.28. The lowest BCUT2D eigenvalue weighted by molar-refractivity contribution is -0.122. The second kappa shape index (κ2) is 6.96. The average molecular weight is 316 g/mol. The van der Waals surface area contributed by atoms with Crippen LogP contribution in [0.5, 0.6) is 0 Å². The van der Waals surface area contributed by atoms with E-state index >= 15 is 0 Å². The fourth-order valence-corrected chi connectivity index (χ4v) is 2.61. The van der Waals surface area contributed by atoms with E-state index in [-0.39, 0.29) is 24.1 Å². The molecule has 1 aromatic carbocycles. The van der Waals surface area contributed by atoms with Crippen LogP contribution in [0.3, 0.4) is 0 Å². The molecule has 2 aromatic rings. The van der Waals surface area contributed by atoms with Gasteiger partial charge in [-0.3, -0.25) is 9.69 Å². The highest BCUT2D eigenvalue weighted by Gasteiger charge is 2.13. The van der Waals surface area contributed by atoms with Crippen LogP contribution < -0.4 is 10.9 Å². The predicted octanol–water partition coefficient (Wildman–Crippen LogP) is 2.37. The van der Waals surface area contributed by atoms with E-state index in [0.717, 1.165) is 22.1 Å². The van der Waals surface area contributed by atoms with Gasteiger partial charge in [0.15, 0.2) is 0 Å². The minimum absolute atomic E-state index is 0.0261. The molecule has 0 aliphatic heterocycles. The van der Waals surface area contributed by atoms with Crippen molar-refractivity contribution in [1.29, 1.82) is 0 Å². The van der Waals surface area contributed by atoms with Crippen molar-refractivity contribution in [2.75, 3.05) is 13.6 Å². The molecule has 0 unspecified atom stereocenters. The van der Waals surface area contributed by atoms with Gasteiger partial charge in [0.25, 0.3) is 0 Å². The number of hydrogen-bond donors (Lipinski definition) is 1. The molecule has 5 heteroatoms. The van der Waals surface area contributed by atoms with E-state index in [1.165, 1.54) is 6.07 Å². The minimum Gasteiger partial charge on any atom is -0.422 e. The second-order valence-corrected chi connectivity index (χ2v) is 6.37. The molecule has 0 atom stereocenters. The molecule has 0 radical (unpaired) electrons. The summed E-state index contributed by atoms with van der Waals surface area (Å²) in [5, 5.41) is 3.78. The largest absolute Gasteiger partial charge is 0.422 e. The van der Waals surface area contributed by atoms with E-state index < -0.39 is 0 Å². The fourth-order valence-electron chi connectivity index (χ4n) is 2.61. The molecule has 0 spiro atoms. The van der Waals surface area contributed by atoms with Gasteiger partial charge >= 0.3 is 5.63 Å². The quantitative estimate of drug-likeness (QED) is 0.860. The van der Waals surface area contributed by atoms with Crippen LogP contribution in [-0.2, 0) is 11.3 Å². The van der Waals surface area contributed by atoms with Crippen molar-refractivity contribution >= 4 is 16.9 Å². The van der Waals surface area contributed by atoms with Crippen LogP contribution in [0.2, 0.25) is 0 Å². The van der Waals surface area contributed by atoms with Gasteiger partial charge in [-0.2, -0.15) is 0 Å². The van der Waals surface area contributed by atoms with Gasteiger partial charge in [-0.25, -0.2) is 4.79 Å². The number of hydrogen-bond acceptors (Lipinski definition) is 4. The maximum absolute atomic E-state index is 11.9. The van der Waals surface area contributed by atoms with Gasteiger partial charge in [-0.15, -0.1) is 0 Å². The lowest BCUT2D eigenvalue weighted by atomic mass is 10.0. The molecule has 0 aliphatic carbocycles. The van der Waals surface area contributed by atoms with Gasteiger partial charge in [-0.1, -0.05) is 12.1 Å². The molecule has 0 aliphatic rings. The molecule has 124 valence electrons. The van der Waals surface area contributed by atoms with Crippen LogP contribution in [0.4, 0.5) is 0 Å². The van der Waals surface area contributed by atoms with E-state index in [1.54, 1.807) is 0 Å². The number of carbonyl (C=O) groups excluding carboxylic acids is 1. The predicted molar refractivity (Wildman–Crippen MR) is 91.6 cm³/mol. The van der Waals surface area contributed by atoms with Crippen molar-refractivity contribution < 1.29 is 9.21 Å². The second-order valence-electron chi connectivity index (χ2n) is 6.37. The number of amides is 1. The monoisotopic (exact) mass is 316 g/mol. The number of rotatable bonds is 5. The van der Waals surface area contributed by atoms with Gasteiger partial charge in [0.05, 0.1) is 6.54 Å². The van der Waals surface area contributed by atoms with E-state index in [0.29, 0.717) is 12.1 Å². The lowest BCUT2D eigenvalue weighted by Crippen LogP contribution is -2.38. The molecular weight excluding hydrogens is 292 g/mol. The maximum Gasteiger partial charge on any atom is 0.336 e. The number of likely N-dealkylation sites (N-methyl/N-ethyl adjacent to an activating group) is 1. The highest BCUT2D eigenvalue weighted by Crippen LogP contribution is 2.23. The zero-order valence-corrected chi connectivity index (χ0v) is 14.4. The molecule has 1 amide bonds. The first-order chi connectivity index (χ1) is 10.8. The number of nitrogens with zero attached hydrogens (tertiary/aromatic N) is 1. The Morgan fingerprint density at radius 3 is 2.65 bits per heavy atom. The van der Waals surface area contributed by atoms with Gasteiger partial charge in [-0.05, 0) is 51.4 Å². The molecule has 1 N–H and O–H groups in total. The summed E-state index contributed by atoms with van der Waals surface area (Å²) in [4.78, 5) is 25.6. The summed E-state index contributed by atoms with van der Waals surface area (Å²) >= 11 is 0. The van der Waals surface area contributed by atoms with Crippen LogP contribution >= 0.6 is 0 Å². The molecule has 1 heterocycles. The summed E-state index contributed by atoms with van der Waals surface area (Å²) in [6.07, 6.45) is 0. The van der Waals surface area contributed by atoms with Crippen LogP contribution in [-0.4, -0.2) is 30.4 Å². The maximum atomic E-state index is 11.9. The summed E-state index contributed by atoms with van der Waals surface area (Å²) in [5.74, 6) is -0.0261. The van der Waals surface area contributed by atoms with Gasteiger partial charge in [0.2, 0.25) is 5.91 Å². The van der Waals surface area contributed by atoms with Gasteiger partial charge < -0.3 is 9.73 Å². The summed E-state index contributed by atoms with van der Waals surface area (Å²) in [7, 11) is 1.86. The Bertz CT molecular complexity index is 778. The number of nitrogens with one attached hydrogen (secondary N) is 1. The highest BCUT2D eigenvalue weighted by molar-refractivity contribution is 5.84. The third kappa shape index (κ3) is 4.20. The van der Waals surface area contributed by atoms with Crippen LogP contribution in [0.1, 0.15) is 30.5 Å². The van der Waals surface area contributed by atoms with Crippen molar-refractivity contribution in [3.05, 3.63) is 45.3 Å². The Morgan fingerprint density at radius 1 is 1.30 bits per heavy atom. The molecule has 23 heavy (non-hydrogen) atoms. The molecular formula is C18H24N2O3. The summed E-state index contributed by atoms with van der Waals surface area (Å²) < 4.78 is 5.38. The topological polar surface area (TPSA) is 62.6 Å². The van der Waals surface area contributed by atoms with Crippen molar-refractivity contribution in [3.63, 3.8) is 0 Å². The van der Waals surface area contributed by atoms with E-state index in [9.17, 15) is 9.59 Å². The Kier molecular flexibility index (Phi) is 5.21. The molecule has 5 nitrogen and oxygen atoms in total. The Morgan fingerprint density at radius 2 is 2.00 bits per heavy atom. The fraction of sp³-hybridized carbons (Fsp3) is 0.444. The summed E-state index contributed by atoms with van der Waals surface area (Å²) in [6.45, 7) is 8.59. The highest BCUT2D eigenvalue weighted by atomic mass is 16.4. The van der Waals surface area contributed by atoms with Crippen molar-refractivity contribution in [3.8, 4) is 0 Å². The molecule has 2 rings (SSSR count). The first kappa shape index (κ1) is 17.2. The SMILES string of the molecule is Cc1ccc2c(CN(C)CC(=O)NC(C)C)cc(=O)oc2c1C. The standard InChI is InChI=1S/C18H24N2O3/c1-11(2)19-16(21)10-20(5)9-14-8-17(22)23-18-13(4)12(3)6-7-15(14)18/h6-8,11H,9-10H2,1-5H3,(H,19,21). The van der Waals surface area contributed by atoms with Crippen molar-refractivity contribution in [2.45, 2.75) is 40.3 Å². The first-order valence-corrected chi connectivity index (χ1v) is 7.78. The Labute approximate surface area is 136 Å². The van der Waals surface area contributed by atoms with Crippen molar-refractivity contribution in [1.82, 2.24) is 10.2 Å².